The summed E-state index contributed by atoms with van der Waals surface area (Å²) in [5.74, 6) is -3.68. The number of fused-ring (bicyclic) bond motifs is 1. The predicted octanol–water partition coefficient (Wildman–Crippen LogP) is -0.545. The van der Waals surface area contributed by atoms with Crippen molar-refractivity contribution < 1.29 is 34.2 Å². The monoisotopic (exact) mass is 453 g/mol. The summed E-state index contributed by atoms with van der Waals surface area (Å²) in [6, 6.07) is -1.00. The van der Waals surface area contributed by atoms with Gasteiger partial charge in [-0.1, -0.05) is 29.1 Å². The van der Waals surface area contributed by atoms with Crippen molar-refractivity contribution in [2.45, 2.75) is 11.4 Å². The summed E-state index contributed by atoms with van der Waals surface area (Å²) in [5, 5.41) is 23.7. The Bertz CT molecular complexity index is 1000. The Morgan fingerprint density at radius 1 is 1.47 bits per heavy atom. The number of nitrogens with one attached hydrogen (secondary N) is 1. The molecule has 2 aliphatic rings. The summed E-state index contributed by atoms with van der Waals surface area (Å²) in [6.45, 7) is 2.78. The van der Waals surface area contributed by atoms with E-state index in [1.807, 2.05) is 0 Å². The molecule has 14 heteroatoms. The Morgan fingerprint density at radius 3 is 2.77 bits per heavy atom. The van der Waals surface area contributed by atoms with Crippen LogP contribution in [0.4, 0.5) is 5.13 Å². The Labute approximate surface area is 177 Å². The Kier molecular flexibility index (Phi) is 6.07. The van der Waals surface area contributed by atoms with Gasteiger partial charge < -0.3 is 26.1 Å². The number of aliphatic carboxylic acids is 2. The number of carboxylic acids is 2. The maximum absolute atomic E-state index is 12.7. The third-order valence-corrected chi connectivity index (χ3v) is 6.18. The van der Waals surface area contributed by atoms with Crippen molar-refractivity contribution >= 4 is 57.7 Å². The highest BCUT2D eigenvalue weighted by Gasteiger charge is 2.54. The molecule has 158 valence electrons. The number of aromatic nitrogens is 1. The highest BCUT2D eigenvalue weighted by molar-refractivity contribution is 8.00. The summed E-state index contributed by atoms with van der Waals surface area (Å²) >= 11 is 2.19. The van der Waals surface area contributed by atoms with E-state index in [0.29, 0.717) is 11.3 Å². The Balaban J connectivity index is 1.79. The van der Waals surface area contributed by atoms with Gasteiger partial charge in [0, 0.05) is 11.9 Å². The van der Waals surface area contributed by atoms with Gasteiger partial charge >= 0.3 is 11.9 Å². The number of anilines is 1. The molecule has 0 bridgehead atoms. The van der Waals surface area contributed by atoms with Crippen molar-refractivity contribution in [1.29, 1.82) is 0 Å². The second kappa shape index (κ2) is 8.54. The first-order valence-corrected chi connectivity index (χ1v) is 10.1. The lowest BCUT2D eigenvalue weighted by Crippen LogP contribution is -2.71. The van der Waals surface area contributed by atoms with Crippen molar-refractivity contribution in [3.8, 4) is 0 Å². The van der Waals surface area contributed by atoms with Crippen LogP contribution in [0.5, 0.6) is 0 Å². The van der Waals surface area contributed by atoms with E-state index in [1.165, 1.54) is 24.0 Å². The number of nitrogen functional groups attached to an aromatic ring is 1. The van der Waals surface area contributed by atoms with Crippen molar-refractivity contribution in [3.05, 3.63) is 35.0 Å². The van der Waals surface area contributed by atoms with Crippen molar-refractivity contribution in [3.63, 3.8) is 0 Å². The number of nitrogens with two attached hydrogens (primary N) is 1. The predicted molar refractivity (Wildman–Crippen MR) is 107 cm³/mol. The molecule has 0 saturated carbocycles. The van der Waals surface area contributed by atoms with Gasteiger partial charge in [0.1, 0.15) is 17.1 Å². The quantitative estimate of drug-likeness (QED) is 0.226. The lowest BCUT2D eigenvalue weighted by molar-refractivity contribution is -0.150. The number of allylic oxidation sites excluding steroid dienone is 1. The molecule has 1 fully saturated rings. The molecule has 0 spiro atoms. The largest absolute Gasteiger partial charge is 0.479 e. The van der Waals surface area contributed by atoms with E-state index in [9.17, 15) is 24.3 Å². The SMILES string of the molecule is C=CC1=C(C(=O)O)N2C(=O)[C@@H](NC(=O)/C(=N/OCC(=O)O)c3cnc(N)s3)C2SC1. The van der Waals surface area contributed by atoms with Crippen LogP contribution in [0.25, 0.3) is 0 Å². The molecular formula is C16H15N5O7S2. The normalized spacial score (nSPS) is 20.9. The van der Waals surface area contributed by atoms with Gasteiger partial charge in [0.05, 0.1) is 4.88 Å². The number of amides is 2. The molecule has 3 rings (SSSR count). The molecule has 2 aliphatic heterocycles. The second-order valence-corrected chi connectivity index (χ2v) is 8.08. The van der Waals surface area contributed by atoms with Crippen LogP contribution in [0.3, 0.4) is 0 Å². The van der Waals surface area contributed by atoms with Crippen LogP contribution in [-0.4, -0.2) is 73.3 Å². The molecule has 0 radical (unpaired) electrons. The fourth-order valence-electron chi connectivity index (χ4n) is 2.76. The maximum atomic E-state index is 12.7. The number of rotatable bonds is 8. The van der Waals surface area contributed by atoms with Crippen LogP contribution < -0.4 is 11.1 Å². The molecule has 0 aromatic carbocycles. The molecule has 3 heterocycles. The Hall–Kier alpha value is -3.39. The minimum atomic E-state index is -1.29. The molecule has 30 heavy (non-hydrogen) atoms. The van der Waals surface area contributed by atoms with Crippen LogP contribution in [-0.2, 0) is 24.0 Å². The number of hydrogen-bond donors (Lipinski definition) is 4. The highest BCUT2D eigenvalue weighted by atomic mass is 32.2. The average Bonchev–Trinajstić information content (AvgIpc) is 3.13. The van der Waals surface area contributed by atoms with Crippen LogP contribution in [0.15, 0.2) is 35.3 Å². The van der Waals surface area contributed by atoms with Crippen LogP contribution in [0.1, 0.15) is 4.88 Å². The summed E-state index contributed by atoms with van der Waals surface area (Å²) in [4.78, 5) is 57.2. The van der Waals surface area contributed by atoms with Gasteiger partial charge in [0.2, 0.25) is 6.61 Å². The molecule has 1 aromatic heterocycles. The van der Waals surface area contributed by atoms with Gasteiger partial charge in [-0.3, -0.25) is 14.5 Å². The molecule has 2 amide bonds. The van der Waals surface area contributed by atoms with E-state index in [-0.39, 0.29) is 21.4 Å². The first kappa shape index (κ1) is 21.3. The zero-order chi connectivity index (χ0) is 22.0. The summed E-state index contributed by atoms with van der Waals surface area (Å²) < 4.78 is 0. The number of β-lactam (4-membered cyclic amide) rings is 1. The molecular weight excluding hydrogens is 438 g/mol. The van der Waals surface area contributed by atoms with Crippen molar-refractivity contribution in [1.82, 2.24) is 15.2 Å². The number of nitrogens with zero attached hydrogens (tertiary/aromatic N) is 3. The van der Waals surface area contributed by atoms with E-state index >= 15 is 0 Å². The van der Waals surface area contributed by atoms with Gasteiger partial charge in [0.15, 0.2) is 10.8 Å². The maximum Gasteiger partial charge on any atom is 0.352 e. The smallest absolute Gasteiger partial charge is 0.352 e. The first-order chi connectivity index (χ1) is 14.2. The fraction of sp³-hybridized carbons (Fsp3) is 0.250. The number of thioether (sulfide) groups is 1. The van der Waals surface area contributed by atoms with Gasteiger partial charge in [-0.05, 0) is 5.57 Å². The number of carboxylic acid groups (broad SMARTS) is 2. The van der Waals surface area contributed by atoms with E-state index in [0.717, 1.165) is 16.2 Å². The topological polar surface area (TPSA) is 185 Å². The second-order valence-electron chi connectivity index (χ2n) is 5.91. The molecule has 2 atom stereocenters. The molecule has 0 aliphatic carbocycles. The minimum absolute atomic E-state index is 0.144. The van der Waals surface area contributed by atoms with Gasteiger partial charge in [-0.25, -0.2) is 14.6 Å². The first-order valence-electron chi connectivity index (χ1n) is 8.22. The number of carbonyl (C=O) groups excluding carboxylic acids is 2. The van der Waals surface area contributed by atoms with Crippen LogP contribution >= 0.6 is 23.1 Å². The van der Waals surface area contributed by atoms with E-state index in [4.69, 9.17) is 10.8 Å². The van der Waals surface area contributed by atoms with Crippen molar-refractivity contribution in [2.24, 2.45) is 5.16 Å². The zero-order valence-electron chi connectivity index (χ0n) is 15.1. The van der Waals surface area contributed by atoms with E-state index in [1.54, 1.807) is 0 Å². The summed E-state index contributed by atoms with van der Waals surface area (Å²) in [5.41, 5.74) is 5.50. The standard InChI is InChI=1S/C16H15N5O7S2/c1-2-6-5-29-14-10(13(25)21(14)11(6)15(26)27)19-12(24)9(20-28-4-8(22)23)7-3-18-16(17)30-7/h2-3,10,14H,1,4-5H2,(H2,17,18)(H,19,24)(H,22,23)(H,26,27)/b20-9+/t10-,14?/m1/s1. The van der Waals surface area contributed by atoms with Crippen molar-refractivity contribution in [2.75, 3.05) is 18.1 Å². The number of thiazole rings is 1. The fourth-order valence-corrected chi connectivity index (χ4v) is 4.76. The summed E-state index contributed by atoms with van der Waals surface area (Å²) in [7, 11) is 0. The number of oxime groups is 1. The molecule has 1 unspecified atom stereocenters. The average molecular weight is 453 g/mol. The lowest BCUT2D eigenvalue weighted by Gasteiger charge is -2.49. The molecule has 5 N–H and O–H groups in total. The van der Waals surface area contributed by atoms with Gasteiger partial charge in [-0.15, -0.1) is 11.8 Å². The third-order valence-electron chi connectivity index (χ3n) is 4.05. The molecule has 1 aromatic rings. The van der Waals surface area contributed by atoms with Crippen LogP contribution in [0, 0.1) is 0 Å². The lowest BCUT2D eigenvalue weighted by atomic mass is 10.0. The number of carbonyl (C=O) groups is 4. The number of hydrogen-bond acceptors (Lipinski definition) is 10. The molecule has 12 nitrogen and oxygen atoms in total. The third kappa shape index (κ3) is 3.99. The highest BCUT2D eigenvalue weighted by Crippen LogP contribution is 2.40. The van der Waals surface area contributed by atoms with Gasteiger partial charge in [-0.2, -0.15) is 0 Å². The Morgan fingerprint density at radius 2 is 2.20 bits per heavy atom. The minimum Gasteiger partial charge on any atom is -0.479 e. The summed E-state index contributed by atoms with van der Waals surface area (Å²) in [6.07, 6.45) is 2.64. The van der Waals surface area contributed by atoms with Gasteiger partial charge in [0.25, 0.3) is 11.8 Å². The van der Waals surface area contributed by atoms with Crippen LogP contribution in [0.2, 0.25) is 0 Å². The molecule has 1 saturated heterocycles. The van der Waals surface area contributed by atoms with E-state index < -0.39 is 41.8 Å². The van der Waals surface area contributed by atoms with E-state index in [2.05, 4.69) is 26.9 Å². The zero-order valence-corrected chi connectivity index (χ0v) is 16.7.